The molecular weight excluding hydrogens is 470 g/mol. The number of benzene rings is 1. The Balaban J connectivity index is 1.68. The fourth-order valence-electron chi connectivity index (χ4n) is 4.76. The van der Waals surface area contributed by atoms with Crippen molar-refractivity contribution in [1.82, 2.24) is 19.4 Å². The maximum atomic E-state index is 14.2. The largest absolute Gasteiger partial charge is 0.506 e. The molecule has 2 saturated heterocycles. The lowest BCUT2D eigenvalue weighted by atomic mass is 9.92. The van der Waals surface area contributed by atoms with E-state index in [-0.39, 0.29) is 45.6 Å². The Kier molecular flexibility index (Phi) is 5.12. The fourth-order valence-corrected chi connectivity index (χ4v) is 5.15. The zero-order chi connectivity index (χ0) is 24.4. The van der Waals surface area contributed by atoms with Gasteiger partial charge in [0.2, 0.25) is 5.91 Å². The van der Waals surface area contributed by atoms with Crippen molar-refractivity contribution in [2.24, 2.45) is 5.92 Å². The van der Waals surface area contributed by atoms with Crippen LogP contribution in [0.2, 0.25) is 0 Å². The number of halogens is 3. The number of nitrogens with zero attached hydrogens (tertiary/aromatic N) is 5. The highest BCUT2D eigenvalue weighted by Gasteiger charge is 2.48. The van der Waals surface area contributed by atoms with E-state index in [0.717, 1.165) is 12.4 Å². The third-order valence-electron chi connectivity index (χ3n) is 6.35. The summed E-state index contributed by atoms with van der Waals surface area (Å²) >= 11 is 0. The molecule has 8 nitrogen and oxygen atoms in total. The standard InChI is InChI=1S/C22H19F3N5O3P/c1-2-17(32)29-8-11-7-28(9-13(11)29)20-12-6-16(22(23,24)25)30(21(33)18(12)26-10-27-20)19-14(31)4-3-5-15(19)34/h2-6,10-11,13,31H,1,7-9,34H2. The number of phenols is 1. The van der Waals surface area contributed by atoms with Crippen molar-refractivity contribution >= 4 is 37.2 Å². The van der Waals surface area contributed by atoms with Gasteiger partial charge in [0.1, 0.15) is 29.1 Å². The second kappa shape index (κ2) is 7.80. The number of carbonyl (C=O) groups excluding carboxylic acids is 1. The summed E-state index contributed by atoms with van der Waals surface area (Å²) in [4.78, 5) is 37.0. The maximum Gasteiger partial charge on any atom is 0.431 e. The van der Waals surface area contributed by atoms with Gasteiger partial charge in [0.25, 0.3) is 5.56 Å². The summed E-state index contributed by atoms with van der Waals surface area (Å²) in [7, 11) is 2.23. The van der Waals surface area contributed by atoms with E-state index in [9.17, 15) is 27.9 Å². The quantitative estimate of drug-likeness (QED) is 0.446. The van der Waals surface area contributed by atoms with Crippen molar-refractivity contribution in [2.75, 3.05) is 24.5 Å². The Hall–Kier alpha value is -3.46. The Morgan fingerprint density at radius 2 is 2.00 bits per heavy atom. The zero-order valence-electron chi connectivity index (χ0n) is 17.7. The van der Waals surface area contributed by atoms with Crippen LogP contribution >= 0.6 is 9.24 Å². The number of aromatic nitrogens is 3. The second-order valence-electron chi connectivity index (χ2n) is 8.27. The number of hydrogen-bond acceptors (Lipinski definition) is 6. The van der Waals surface area contributed by atoms with E-state index >= 15 is 0 Å². The SMILES string of the molecule is C=CC(=O)N1CC2CN(c3ncnc4c(=O)n(-c5c(O)cccc5P)c(C(F)(F)F)cc34)CC21. The number of anilines is 1. The van der Waals surface area contributed by atoms with Crippen molar-refractivity contribution in [2.45, 2.75) is 12.2 Å². The molecule has 4 heterocycles. The number of aromatic hydroxyl groups is 1. The van der Waals surface area contributed by atoms with Gasteiger partial charge in [-0.3, -0.25) is 14.2 Å². The lowest BCUT2D eigenvalue weighted by Gasteiger charge is -2.42. The molecule has 0 radical (unpaired) electrons. The molecule has 2 fully saturated rings. The number of hydrogen-bond donors (Lipinski definition) is 1. The van der Waals surface area contributed by atoms with Gasteiger partial charge in [0, 0.05) is 25.6 Å². The Morgan fingerprint density at radius 3 is 2.68 bits per heavy atom. The Labute approximate surface area is 193 Å². The molecule has 0 bridgehead atoms. The van der Waals surface area contributed by atoms with Gasteiger partial charge in [-0.05, 0) is 23.5 Å². The van der Waals surface area contributed by atoms with Crippen LogP contribution in [-0.2, 0) is 11.0 Å². The molecule has 0 spiro atoms. The molecular formula is C22H19F3N5O3P. The van der Waals surface area contributed by atoms with Crippen LogP contribution in [0.3, 0.4) is 0 Å². The minimum absolute atomic E-state index is 0.0419. The minimum atomic E-state index is -4.91. The average Bonchev–Trinajstić information content (AvgIpc) is 3.10. The molecule has 1 aromatic carbocycles. The van der Waals surface area contributed by atoms with Crippen LogP contribution in [0.4, 0.5) is 19.0 Å². The van der Waals surface area contributed by atoms with E-state index in [1.54, 1.807) is 9.80 Å². The molecule has 1 N–H and O–H groups in total. The molecule has 3 atom stereocenters. The highest BCUT2D eigenvalue weighted by atomic mass is 31.0. The molecule has 3 unspecified atom stereocenters. The van der Waals surface area contributed by atoms with Crippen LogP contribution < -0.4 is 15.8 Å². The van der Waals surface area contributed by atoms with Gasteiger partial charge in [-0.15, -0.1) is 9.24 Å². The molecule has 34 heavy (non-hydrogen) atoms. The van der Waals surface area contributed by atoms with Crippen LogP contribution in [0, 0.1) is 5.92 Å². The lowest BCUT2D eigenvalue weighted by molar-refractivity contribution is -0.142. The van der Waals surface area contributed by atoms with Crippen molar-refractivity contribution in [3.63, 3.8) is 0 Å². The molecule has 5 rings (SSSR count). The van der Waals surface area contributed by atoms with Crippen LogP contribution in [0.25, 0.3) is 16.6 Å². The highest BCUT2D eigenvalue weighted by molar-refractivity contribution is 7.27. The summed E-state index contributed by atoms with van der Waals surface area (Å²) in [5.41, 5.74) is -2.77. The molecule has 12 heteroatoms. The van der Waals surface area contributed by atoms with Gasteiger partial charge in [0.05, 0.1) is 17.1 Å². The number of fused-ring (bicyclic) bond motifs is 2. The predicted octanol–water partition coefficient (Wildman–Crippen LogP) is 1.84. The van der Waals surface area contributed by atoms with Crippen molar-refractivity contribution < 1.29 is 23.1 Å². The predicted molar refractivity (Wildman–Crippen MR) is 123 cm³/mol. The van der Waals surface area contributed by atoms with Crippen LogP contribution in [-0.4, -0.2) is 56.1 Å². The molecule has 2 aliphatic rings. The van der Waals surface area contributed by atoms with E-state index in [4.69, 9.17) is 0 Å². The normalized spacial score (nSPS) is 19.8. The first-order chi connectivity index (χ1) is 16.1. The molecule has 1 amide bonds. The number of rotatable bonds is 3. The smallest absolute Gasteiger partial charge is 0.431 e. The number of likely N-dealkylation sites (tertiary alicyclic amines) is 1. The lowest BCUT2D eigenvalue weighted by Crippen LogP contribution is -2.57. The summed E-state index contributed by atoms with van der Waals surface area (Å²) < 4.78 is 43.0. The Morgan fingerprint density at radius 1 is 1.24 bits per heavy atom. The van der Waals surface area contributed by atoms with Gasteiger partial charge in [-0.2, -0.15) is 13.2 Å². The molecule has 176 valence electrons. The molecule has 2 aliphatic heterocycles. The van der Waals surface area contributed by atoms with Gasteiger partial charge in [-0.25, -0.2) is 9.97 Å². The van der Waals surface area contributed by atoms with Gasteiger partial charge in [-0.1, -0.05) is 18.7 Å². The first kappa shape index (κ1) is 22.3. The number of amides is 1. The van der Waals surface area contributed by atoms with Crippen molar-refractivity contribution in [3.8, 4) is 11.4 Å². The van der Waals surface area contributed by atoms with Crippen LogP contribution in [0.15, 0.2) is 48.0 Å². The summed E-state index contributed by atoms with van der Waals surface area (Å²) in [6, 6.07) is 4.89. The molecule has 0 aliphatic carbocycles. The van der Waals surface area contributed by atoms with E-state index in [0.29, 0.717) is 24.2 Å². The monoisotopic (exact) mass is 489 g/mol. The van der Waals surface area contributed by atoms with Crippen molar-refractivity contribution in [3.05, 3.63) is 59.3 Å². The number of carbonyl (C=O) groups is 1. The third kappa shape index (κ3) is 3.34. The fraction of sp³-hybridized carbons (Fsp3) is 0.273. The summed E-state index contributed by atoms with van der Waals surface area (Å²) in [6.45, 7) is 4.88. The van der Waals surface area contributed by atoms with Gasteiger partial charge in [0.15, 0.2) is 0 Å². The van der Waals surface area contributed by atoms with Crippen LogP contribution in [0.5, 0.6) is 5.75 Å². The van der Waals surface area contributed by atoms with Gasteiger partial charge < -0.3 is 14.9 Å². The number of pyridine rings is 1. The van der Waals surface area contributed by atoms with E-state index in [2.05, 4.69) is 25.8 Å². The van der Waals surface area contributed by atoms with E-state index in [1.165, 1.54) is 24.3 Å². The van der Waals surface area contributed by atoms with Crippen LogP contribution in [0.1, 0.15) is 5.69 Å². The molecule has 3 aromatic rings. The van der Waals surface area contributed by atoms with Crippen molar-refractivity contribution in [1.29, 1.82) is 0 Å². The first-order valence-electron chi connectivity index (χ1n) is 10.4. The maximum absolute atomic E-state index is 14.2. The summed E-state index contributed by atoms with van der Waals surface area (Å²) in [6.07, 6.45) is -2.54. The highest BCUT2D eigenvalue weighted by Crippen LogP contribution is 2.38. The average molecular weight is 489 g/mol. The van der Waals surface area contributed by atoms with E-state index in [1.807, 2.05) is 0 Å². The third-order valence-corrected chi connectivity index (χ3v) is 6.81. The summed E-state index contributed by atoms with van der Waals surface area (Å²) in [5.74, 6) is -0.327. The molecule has 0 saturated carbocycles. The second-order valence-corrected chi connectivity index (χ2v) is 8.89. The molecule has 2 aromatic heterocycles. The minimum Gasteiger partial charge on any atom is -0.506 e. The zero-order valence-corrected chi connectivity index (χ0v) is 18.8. The van der Waals surface area contributed by atoms with Gasteiger partial charge >= 0.3 is 6.18 Å². The number of alkyl halides is 3. The number of phenolic OH excluding ortho intramolecular Hbond substituents is 1. The Bertz CT molecular complexity index is 1390. The summed E-state index contributed by atoms with van der Waals surface area (Å²) in [5, 5.41) is 10.5. The first-order valence-corrected chi connectivity index (χ1v) is 10.9. The topological polar surface area (TPSA) is 91.6 Å². The van der Waals surface area contributed by atoms with E-state index < -0.39 is 23.2 Å². The number of para-hydroxylation sites is 1.